The van der Waals surface area contributed by atoms with Crippen LogP contribution in [0.25, 0.3) is 9.88 Å². The molecule has 7 heteroatoms. The molecule has 1 aromatic carbocycles. The van der Waals surface area contributed by atoms with Gasteiger partial charge in [-0.1, -0.05) is 24.3 Å². The van der Waals surface area contributed by atoms with Crippen molar-refractivity contribution >= 4 is 34.5 Å². The fourth-order valence-electron chi connectivity index (χ4n) is 2.03. The predicted octanol–water partition coefficient (Wildman–Crippen LogP) is 3.03. The molecule has 3 rings (SSSR count). The molecule has 0 spiro atoms. The molecule has 0 unspecified atom stereocenters. The molecule has 2 N–H and O–H groups in total. The maximum Gasteiger partial charge on any atom is 0.270 e. The molecule has 3 aromatic rings. The van der Waals surface area contributed by atoms with Crippen LogP contribution in [0.2, 0.25) is 0 Å². The Morgan fingerprint density at radius 3 is 2.38 bits per heavy atom. The van der Waals surface area contributed by atoms with Crippen LogP contribution in [0, 0.1) is 0 Å². The van der Waals surface area contributed by atoms with E-state index in [1.807, 2.05) is 35.7 Å². The number of carbonyl (C=O) groups is 2. The number of nitrogens with one attached hydrogen (secondary N) is 2. The minimum atomic E-state index is -0.233. The lowest BCUT2D eigenvalue weighted by Crippen LogP contribution is -2.34. The van der Waals surface area contributed by atoms with E-state index in [9.17, 15) is 9.59 Å². The van der Waals surface area contributed by atoms with Crippen molar-refractivity contribution in [1.82, 2.24) is 15.6 Å². The van der Waals surface area contributed by atoms with Crippen molar-refractivity contribution in [2.45, 2.75) is 0 Å². The molecular weight excluding hydrogens is 342 g/mol. The summed E-state index contributed by atoms with van der Waals surface area (Å²) in [5.41, 5.74) is 1.00. The number of benzene rings is 1. The highest BCUT2D eigenvalue weighted by Crippen LogP contribution is 2.27. The van der Waals surface area contributed by atoms with E-state index >= 15 is 0 Å². The maximum atomic E-state index is 12.1. The Hall–Kier alpha value is -2.51. The van der Waals surface area contributed by atoms with Crippen molar-refractivity contribution < 1.29 is 9.59 Å². The summed E-state index contributed by atoms with van der Waals surface area (Å²) in [5.74, 6) is -0.387. The Kier molecular flexibility index (Phi) is 5.35. The fraction of sp³-hybridized carbons (Fsp3) is 0.118. The van der Waals surface area contributed by atoms with Gasteiger partial charge in [-0.2, -0.15) is 0 Å². The van der Waals surface area contributed by atoms with Crippen LogP contribution in [-0.4, -0.2) is 29.9 Å². The molecule has 2 amide bonds. The lowest BCUT2D eigenvalue weighted by Gasteiger charge is -2.06. The summed E-state index contributed by atoms with van der Waals surface area (Å²) in [6, 6.07) is 12.9. The first kappa shape index (κ1) is 16.4. The van der Waals surface area contributed by atoms with Gasteiger partial charge in [-0.25, -0.2) is 4.98 Å². The monoisotopic (exact) mass is 357 g/mol. The summed E-state index contributed by atoms with van der Waals surface area (Å²) < 4.78 is 0. The summed E-state index contributed by atoms with van der Waals surface area (Å²) in [5, 5.41) is 10.1. The van der Waals surface area contributed by atoms with E-state index in [0.29, 0.717) is 24.3 Å². The lowest BCUT2D eigenvalue weighted by molar-refractivity contribution is 0.0925. The Balaban J connectivity index is 1.45. The summed E-state index contributed by atoms with van der Waals surface area (Å²) >= 11 is 3.04. The molecule has 5 nitrogen and oxygen atoms in total. The first-order valence-corrected chi connectivity index (χ1v) is 9.11. The van der Waals surface area contributed by atoms with Crippen LogP contribution in [0.3, 0.4) is 0 Å². The van der Waals surface area contributed by atoms with Crippen molar-refractivity contribution in [3.63, 3.8) is 0 Å². The van der Waals surface area contributed by atoms with Gasteiger partial charge in [0.05, 0.1) is 4.88 Å². The van der Waals surface area contributed by atoms with Gasteiger partial charge in [0.1, 0.15) is 10.7 Å². The van der Waals surface area contributed by atoms with E-state index in [1.54, 1.807) is 28.8 Å². The SMILES string of the molecule is O=C(NCCNC(=O)c1csc(-c2cccs2)n1)c1ccccc1. The number of hydrogen-bond acceptors (Lipinski definition) is 5. The van der Waals surface area contributed by atoms with E-state index in [4.69, 9.17) is 0 Å². The molecule has 122 valence electrons. The van der Waals surface area contributed by atoms with Crippen LogP contribution in [0.5, 0.6) is 0 Å². The molecule has 0 bridgehead atoms. The van der Waals surface area contributed by atoms with Crippen molar-refractivity contribution in [3.05, 3.63) is 64.5 Å². The van der Waals surface area contributed by atoms with Crippen LogP contribution < -0.4 is 10.6 Å². The van der Waals surface area contributed by atoms with Crippen molar-refractivity contribution in [3.8, 4) is 9.88 Å². The van der Waals surface area contributed by atoms with Crippen LogP contribution in [0.15, 0.2) is 53.2 Å². The number of amides is 2. The Morgan fingerprint density at radius 2 is 1.67 bits per heavy atom. The molecule has 2 heterocycles. The zero-order valence-electron chi connectivity index (χ0n) is 12.7. The van der Waals surface area contributed by atoms with E-state index in [0.717, 1.165) is 9.88 Å². The molecule has 0 saturated heterocycles. The van der Waals surface area contributed by atoms with Gasteiger partial charge in [0.25, 0.3) is 11.8 Å². The number of thiophene rings is 1. The molecule has 0 saturated carbocycles. The second kappa shape index (κ2) is 7.85. The third-order valence-electron chi connectivity index (χ3n) is 3.20. The average molecular weight is 357 g/mol. The summed E-state index contributed by atoms with van der Waals surface area (Å²) in [6.07, 6.45) is 0. The highest BCUT2D eigenvalue weighted by atomic mass is 32.1. The normalized spacial score (nSPS) is 10.3. The number of rotatable bonds is 6. The molecule has 24 heavy (non-hydrogen) atoms. The maximum absolute atomic E-state index is 12.1. The third kappa shape index (κ3) is 4.06. The van der Waals surface area contributed by atoms with Crippen LogP contribution >= 0.6 is 22.7 Å². The molecule has 0 atom stereocenters. The number of nitrogens with zero attached hydrogens (tertiary/aromatic N) is 1. The fourth-order valence-corrected chi connectivity index (χ4v) is 3.64. The average Bonchev–Trinajstić information content (AvgIpc) is 3.30. The van der Waals surface area contributed by atoms with Crippen molar-refractivity contribution in [1.29, 1.82) is 0 Å². The minimum absolute atomic E-state index is 0.154. The standard InChI is InChI=1S/C17H15N3O2S2/c21-15(12-5-2-1-3-6-12)18-8-9-19-16(22)13-11-24-17(20-13)14-7-4-10-23-14/h1-7,10-11H,8-9H2,(H,18,21)(H,19,22). The number of aromatic nitrogens is 1. The quantitative estimate of drug-likeness (QED) is 0.666. The van der Waals surface area contributed by atoms with Gasteiger partial charge in [-0.05, 0) is 23.6 Å². The third-order valence-corrected chi connectivity index (χ3v) is 5.08. The summed E-state index contributed by atoms with van der Waals surface area (Å²) in [7, 11) is 0. The summed E-state index contributed by atoms with van der Waals surface area (Å²) in [6.45, 7) is 0.713. The van der Waals surface area contributed by atoms with Gasteiger partial charge in [-0.15, -0.1) is 22.7 Å². The van der Waals surface area contributed by atoms with E-state index in [-0.39, 0.29) is 11.8 Å². The Morgan fingerprint density at radius 1 is 0.917 bits per heavy atom. The molecule has 2 aromatic heterocycles. The van der Waals surface area contributed by atoms with E-state index < -0.39 is 0 Å². The van der Waals surface area contributed by atoms with Gasteiger partial charge in [0, 0.05) is 24.0 Å². The largest absolute Gasteiger partial charge is 0.350 e. The van der Waals surface area contributed by atoms with Crippen LogP contribution in [0.4, 0.5) is 0 Å². The van der Waals surface area contributed by atoms with Gasteiger partial charge in [0.2, 0.25) is 0 Å². The van der Waals surface area contributed by atoms with Gasteiger partial charge >= 0.3 is 0 Å². The van der Waals surface area contributed by atoms with Crippen LogP contribution in [-0.2, 0) is 0 Å². The van der Waals surface area contributed by atoms with Gasteiger partial charge in [-0.3, -0.25) is 9.59 Å². The number of thiazole rings is 1. The molecular formula is C17H15N3O2S2. The van der Waals surface area contributed by atoms with Crippen molar-refractivity contribution in [2.75, 3.05) is 13.1 Å². The molecule has 0 fully saturated rings. The van der Waals surface area contributed by atoms with E-state index in [1.165, 1.54) is 11.3 Å². The van der Waals surface area contributed by atoms with Crippen LogP contribution in [0.1, 0.15) is 20.8 Å². The minimum Gasteiger partial charge on any atom is -0.350 e. The zero-order valence-corrected chi connectivity index (χ0v) is 14.3. The molecule has 0 aliphatic rings. The highest BCUT2D eigenvalue weighted by molar-refractivity contribution is 7.20. The first-order valence-electron chi connectivity index (χ1n) is 7.35. The van der Waals surface area contributed by atoms with Gasteiger partial charge < -0.3 is 10.6 Å². The number of carbonyl (C=O) groups excluding carboxylic acids is 2. The zero-order chi connectivity index (χ0) is 16.8. The molecule has 0 radical (unpaired) electrons. The summed E-state index contributed by atoms with van der Waals surface area (Å²) in [4.78, 5) is 29.3. The van der Waals surface area contributed by atoms with E-state index in [2.05, 4.69) is 15.6 Å². The Bertz CT molecular complexity index is 814. The number of hydrogen-bond donors (Lipinski definition) is 2. The second-order valence-electron chi connectivity index (χ2n) is 4.89. The highest BCUT2D eigenvalue weighted by Gasteiger charge is 2.12. The lowest BCUT2D eigenvalue weighted by atomic mass is 10.2. The first-order chi connectivity index (χ1) is 11.7. The Labute approximate surface area is 147 Å². The molecule has 0 aliphatic carbocycles. The topological polar surface area (TPSA) is 71.1 Å². The van der Waals surface area contributed by atoms with Gasteiger partial charge in [0.15, 0.2) is 0 Å². The van der Waals surface area contributed by atoms with Crippen molar-refractivity contribution in [2.24, 2.45) is 0 Å². The molecule has 0 aliphatic heterocycles. The smallest absolute Gasteiger partial charge is 0.270 e. The predicted molar refractivity (Wildman–Crippen MR) is 96.5 cm³/mol. The second-order valence-corrected chi connectivity index (χ2v) is 6.70.